The molecular weight excluding hydrogens is 407 g/mol. The minimum Gasteiger partial charge on any atom is -0.393 e. The molecule has 6 nitrogen and oxygen atoms in total. The first kappa shape index (κ1) is 20.2. The van der Waals surface area contributed by atoms with Gasteiger partial charge in [0.05, 0.1) is 24.2 Å². The standard InChI is InChI=1S/C22H24F3N5O/c23-22(24,25)10-15-8-14(13-4-5-13)6-7-18(15)20-19-11-26-12-30(19)21(29-28-20)27-16-2-1-3-17(31)9-16/h6-8,11-13,16-17,31H,1-5,9-10H2,(H,27,29)/t16-,17+/m1/s1. The molecule has 2 atom stereocenters. The molecule has 3 aromatic rings. The van der Waals surface area contributed by atoms with E-state index < -0.39 is 12.6 Å². The van der Waals surface area contributed by atoms with Gasteiger partial charge in [0.15, 0.2) is 0 Å². The van der Waals surface area contributed by atoms with Crippen LogP contribution in [0, 0.1) is 0 Å². The van der Waals surface area contributed by atoms with Crippen molar-refractivity contribution in [1.82, 2.24) is 19.6 Å². The molecule has 2 aliphatic carbocycles. The van der Waals surface area contributed by atoms with Crippen molar-refractivity contribution < 1.29 is 18.3 Å². The lowest BCUT2D eigenvalue weighted by atomic mass is 9.93. The minimum atomic E-state index is -4.32. The maximum atomic E-state index is 13.3. The normalized spacial score (nSPS) is 22.1. The molecule has 2 N–H and O–H groups in total. The Morgan fingerprint density at radius 3 is 2.71 bits per heavy atom. The number of fused-ring (bicyclic) bond motifs is 1. The highest BCUT2D eigenvalue weighted by Crippen LogP contribution is 2.42. The van der Waals surface area contributed by atoms with Crippen LogP contribution < -0.4 is 5.32 Å². The average Bonchev–Trinajstić information content (AvgIpc) is 3.44. The first-order chi connectivity index (χ1) is 14.9. The molecule has 1 aromatic carbocycles. The van der Waals surface area contributed by atoms with Gasteiger partial charge in [0, 0.05) is 11.6 Å². The van der Waals surface area contributed by atoms with Crippen LogP contribution in [0.25, 0.3) is 16.8 Å². The molecular formula is C22H24F3N5O. The maximum absolute atomic E-state index is 13.3. The lowest BCUT2D eigenvalue weighted by molar-refractivity contribution is -0.127. The smallest absolute Gasteiger partial charge is 0.393 e. The molecule has 2 heterocycles. The zero-order valence-electron chi connectivity index (χ0n) is 16.9. The second-order valence-corrected chi connectivity index (χ2v) is 8.67. The Bertz CT molecular complexity index is 1090. The lowest BCUT2D eigenvalue weighted by Gasteiger charge is -2.27. The molecule has 0 amide bonds. The van der Waals surface area contributed by atoms with Gasteiger partial charge in [-0.1, -0.05) is 18.2 Å². The fourth-order valence-electron chi connectivity index (χ4n) is 4.48. The van der Waals surface area contributed by atoms with Gasteiger partial charge in [-0.3, -0.25) is 4.40 Å². The van der Waals surface area contributed by atoms with E-state index in [4.69, 9.17) is 0 Å². The van der Waals surface area contributed by atoms with E-state index in [9.17, 15) is 18.3 Å². The summed E-state index contributed by atoms with van der Waals surface area (Å²) in [5.74, 6) is 0.835. The average molecular weight is 431 g/mol. The second-order valence-electron chi connectivity index (χ2n) is 8.67. The largest absolute Gasteiger partial charge is 0.393 e. The molecule has 9 heteroatoms. The summed E-state index contributed by atoms with van der Waals surface area (Å²) in [6, 6.07) is 5.37. The van der Waals surface area contributed by atoms with Crippen molar-refractivity contribution in [2.75, 3.05) is 5.32 Å². The summed E-state index contributed by atoms with van der Waals surface area (Å²) in [6.07, 6.45) is 2.80. The molecule has 0 saturated heterocycles. The summed E-state index contributed by atoms with van der Waals surface area (Å²) in [5, 5.41) is 21.8. The molecule has 0 spiro atoms. The van der Waals surface area contributed by atoms with Gasteiger partial charge in [0.25, 0.3) is 0 Å². The molecule has 2 saturated carbocycles. The third kappa shape index (κ3) is 4.37. The molecule has 31 heavy (non-hydrogen) atoms. The summed E-state index contributed by atoms with van der Waals surface area (Å²) in [4.78, 5) is 4.19. The summed E-state index contributed by atoms with van der Waals surface area (Å²) < 4.78 is 41.7. The summed E-state index contributed by atoms with van der Waals surface area (Å²) in [5.41, 5.74) is 2.57. The van der Waals surface area contributed by atoms with Crippen LogP contribution in [0.5, 0.6) is 0 Å². The van der Waals surface area contributed by atoms with Gasteiger partial charge in [0.2, 0.25) is 5.95 Å². The zero-order valence-corrected chi connectivity index (χ0v) is 16.9. The fraction of sp³-hybridized carbons (Fsp3) is 0.500. The first-order valence-corrected chi connectivity index (χ1v) is 10.7. The summed E-state index contributed by atoms with van der Waals surface area (Å²) in [7, 11) is 0. The Labute approximate surface area is 177 Å². The highest BCUT2D eigenvalue weighted by atomic mass is 19.4. The van der Waals surface area contributed by atoms with Crippen molar-refractivity contribution >= 4 is 11.5 Å². The number of imidazole rings is 1. The lowest BCUT2D eigenvalue weighted by Crippen LogP contribution is -2.31. The summed E-state index contributed by atoms with van der Waals surface area (Å²) >= 11 is 0. The third-order valence-corrected chi connectivity index (χ3v) is 6.16. The molecule has 2 aromatic heterocycles. The van der Waals surface area contributed by atoms with Crippen molar-refractivity contribution in [2.45, 2.75) is 69.2 Å². The number of hydrogen-bond acceptors (Lipinski definition) is 5. The van der Waals surface area contributed by atoms with E-state index in [0.717, 1.165) is 37.7 Å². The van der Waals surface area contributed by atoms with E-state index >= 15 is 0 Å². The van der Waals surface area contributed by atoms with Crippen LogP contribution in [0.4, 0.5) is 19.1 Å². The number of halogens is 3. The van der Waals surface area contributed by atoms with Crippen molar-refractivity contribution in [2.24, 2.45) is 0 Å². The monoisotopic (exact) mass is 431 g/mol. The van der Waals surface area contributed by atoms with E-state index in [1.165, 1.54) is 0 Å². The predicted octanol–water partition coefficient (Wildman–Crippen LogP) is 4.49. The van der Waals surface area contributed by atoms with E-state index in [-0.39, 0.29) is 17.7 Å². The highest BCUT2D eigenvalue weighted by Gasteiger charge is 2.32. The highest BCUT2D eigenvalue weighted by molar-refractivity contribution is 5.79. The number of rotatable bonds is 5. The topological polar surface area (TPSA) is 75.3 Å². The van der Waals surface area contributed by atoms with E-state index in [2.05, 4.69) is 20.5 Å². The van der Waals surface area contributed by atoms with E-state index in [1.807, 2.05) is 6.07 Å². The van der Waals surface area contributed by atoms with Crippen LogP contribution >= 0.6 is 0 Å². The number of hydrogen-bond donors (Lipinski definition) is 2. The Morgan fingerprint density at radius 2 is 1.97 bits per heavy atom. The van der Waals surface area contributed by atoms with Gasteiger partial charge < -0.3 is 10.4 Å². The van der Waals surface area contributed by atoms with Gasteiger partial charge in [-0.05, 0) is 55.6 Å². The van der Waals surface area contributed by atoms with Crippen molar-refractivity contribution in [3.63, 3.8) is 0 Å². The van der Waals surface area contributed by atoms with Crippen LogP contribution in [-0.4, -0.2) is 43.0 Å². The van der Waals surface area contributed by atoms with Crippen LogP contribution in [0.3, 0.4) is 0 Å². The number of nitrogens with zero attached hydrogens (tertiary/aromatic N) is 4. The van der Waals surface area contributed by atoms with Crippen molar-refractivity contribution in [3.05, 3.63) is 41.9 Å². The number of benzene rings is 1. The molecule has 2 fully saturated rings. The molecule has 164 valence electrons. The first-order valence-electron chi connectivity index (χ1n) is 10.7. The SMILES string of the molecule is O[C@H]1CCC[C@@H](Nc2nnc(-c3ccc(C4CC4)cc3CC(F)(F)F)c3cncn23)C1. The van der Waals surface area contributed by atoms with Crippen molar-refractivity contribution in [3.8, 4) is 11.3 Å². The number of aliphatic hydroxyl groups is 1. The number of aromatic nitrogens is 4. The molecule has 0 aliphatic heterocycles. The van der Waals surface area contributed by atoms with Gasteiger partial charge in [-0.2, -0.15) is 13.2 Å². The molecule has 0 bridgehead atoms. The van der Waals surface area contributed by atoms with Gasteiger partial charge in [0.1, 0.15) is 12.0 Å². The van der Waals surface area contributed by atoms with Gasteiger partial charge in [-0.15, -0.1) is 10.2 Å². The Hall–Kier alpha value is -2.68. The quantitative estimate of drug-likeness (QED) is 0.623. The second kappa shape index (κ2) is 7.78. The maximum Gasteiger partial charge on any atom is 0.393 e. The number of aliphatic hydroxyl groups excluding tert-OH is 1. The van der Waals surface area contributed by atoms with Crippen molar-refractivity contribution in [1.29, 1.82) is 0 Å². The van der Waals surface area contributed by atoms with Crippen LogP contribution in [0.15, 0.2) is 30.7 Å². The zero-order chi connectivity index (χ0) is 21.6. The molecule has 2 aliphatic rings. The predicted molar refractivity (Wildman–Crippen MR) is 110 cm³/mol. The molecule has 5 rings (SSSR count). The van der Waals surface area contributed by atoms with Crippen LogP contribution in [0.1, 0.15) is 55.6 Å². The van der Waals surface area contributed by atoms with E-state index in [0.29, 0.717) is 35.1 Å². The Balaban J connectivity index is 1.53. The third-order valence-electron chi connectivity index (χ3n) is 6.16. The number of alkyl halides is 3. The minimum absolute atomic E-state index is 0.0631. The summed E-state index contributed by atoms with van der Waals surface area (Å²) in [6.45, 7) is 0. The number of anilines is 1. The Morgan fingerprint density at radius 1 is 1.13 bits per heavy atom. The van der Waals surface area contributed by atoms with Gasteiger partial charge >= 0.3 is 6.18 Å². The van der Waals surface area contributed by atoms with Gasteiger partial charge in [-0.25, -0.2) is 4.98 Å². The Kier molecular flexibility index (Phi) is 5.08. The number of nitrogens with one attached hydrogen (secondary N) is 1. The molecule has 0 unspecified atom stereocenters. The van der Waals surface area contributed by atoms with Crippen LogP contribution in [0.2, 0.25) is 0 Å². The van der Waals surface area contributed by atoms with Crippen LogP contribution in [-0.2, 0) is 6.42 Å². The fourth-order valence-corrected chi connectivity index (χ4v) is 4.48. The van der Waals surface area contributed by atoms with E-state index in [1.54, 1.807) is 29.1 Å². The molecule has 0 radical (unpaired) electrons.